The molecule has 0 radical (unpaired) electrons. The predicted octanol–water partition coefficient (Wildman–Crippen LogP) is 0.644. The van der Waals surface area contributed by atoms with Crippen molar-refractivity contribution in [2.24, 2.45) is 11.1 Å². The van der Waals surface area contributed by atoms with Gasteiger partial charge in [0.25, 0.3) is 5.56 Å². The van der Waals surface area contributed by atoms with Gasteiger partial charge in [-0.15, -0.1) is 0 Å². The van der Waals surface area contributed by atoms with Gasteiger partial charge in [-0.1, -0.05) is 44.2 Å². The zero-order valence-corrected chi connectivity index (χ0v) is 15.8. The number of hydrogen-bond acceptors (Lipinski definition) is 4. The molecule has 2 aromatic rings. The van der Waals surface area contributed by atoms with Gasteiger partial charge in [0, 0.05) is 31.4 Å². The van der Waals surface area contributed by atoms with Gasteiger partial charge < -0.3 is 10.6 Å². The van der Waals surface area contributed by atoms with Gasteiger partial charge in [0.1, 0.15) is 6.54 Å². The van der Waals surface area contributed by atoms with Crippen LogP contribution in [0.5, 0.6) is 0 Å². The standard InChI is InChI=1S/C20H26N4O3/c1-20(2)14-23(10-8-16(20)21)18(26)13-24-17(25)9-11-22(19(24)27)12-15-6-4-3-5-7-15/h3-7,9,11,16H,8,10,12-14,21H2,1-2H3. The lowest BCUT2D eigenvalue weighted by Gasteiger charge is -2.42. The lowest BCUT2D eigenvalue weighted by atomic mass is 9.79. The van der Waals surface area contributed by atoms with E-state index in [9.17, 15) is 14.4 Å². The minimum atomic E-state index is -0.479. The average molecular weight is 370 g/mol. The maximum atomic E-state index is 12.7. The summed E-state index contributed by atoms with van der Waals surface area (Å²) in [6.07, 6.45) is 2.18. The molecule has 1 aromatic carbocycles. The van der Waals surface area contributed by atoms with Crippen LogP contribution in [0.2, 0.25) is 0 Å². The lowest BCUT2D eigenvalue weighted by molar-refractivity contribution is -0.135. The molecule has 27 heavy (non-hydrogen) atoms. The summed E-state index contributed by atoms with van der Waals surface area (Å²) in [4.78, 5) is 39.3. The summed E-state index contributed by atoms with van der Waals surface area (Å²) in [6, 6.07) is 10.9. The number of rotatable bonds is 4. The van der Waals surface area contributed by atoms with Gasteiger partial charge in [0.15, 0.2) is 0 Å². The molecule has 1 aliphatic heterocycles. The number of carbonyl (C=O) groups is 1. The second kappa shape index (κ2) is 7.52. The SMILES string of the molecule is CC1(C)CN(C(=O)Cn2c(=O)ccn(Cc3ccccc3)c2=O)CCC1N. The van der Waals surface area contributed by atoms with Gasteiger partial charge in [0.2, 0.25) is 5.91 Å². The summed E-state index contributed by atoms with van der Waals surface area (Å²) in [6.45, 7) is 5.21. The van der Waals surface area contributed by atoms with Gasteiger partial charge in [-0.05, 0) is 17.4 Å². The van der Waals surface area contributed by atoms with E-state index in [0.29, 0.717) is 26.1 Å². The number of aromatic nitrogens is 2. The summed E-state index contributed by atoms with van der Waals surface area (Å²) in [5, 5.41) is 0. The Morgan fingerprint density at radius 1 is 1.19 bits per heavy atom. The average Bonchev–Trinajstić information content (AvgIpc) is 2.64. The van der Waals surface area contributed by atoms with Gasteiger partial charge in [0.05, 0.1) is 6.54 Å². The molecule has 7 nitrogen and oxygen atoms in total. The summed E-state index contributed by atoms with van der Waals surface area (Å²) in [5.41, 5.74) is 5.93. The number of nitrogens with zero attached hydrogens (tertiary/aromatic N) is 3. The van der Waals surface area contributed by atoms with Crippen LogP contribution in [0.4, 0.5) is 0 Å². The minimum Gasteiger partial charge on any atom is -0.340 e. The van der Waals surface area contributed by atoms with Crippen LogP contribution in [0.25, 0.3) is 0 Å². The second-order valence-electron chi connectivity index (χ2n) is 7.84. The van der Waals surface area contributed by atoms with Crippen molar-refractivity contribution in [2.75, 3.05) is 13.1 Å². The Morgan fingerprint density at radius 3 is 2.56 bits per heavy atom. The predicted molar refractivity (Wildman–Crippen MR) is 103 cm³/mol. The molecule has 0 saturated carbocycles. The monoisotopic (exact) mass is 370 g/mol. The molecule has 1 amide bonds. The molecule has 2 heterocycles. The Hall–Kier alpha value is -2.67. The van der Waals surface area contributed by atoms with E-state index in [0.717, 1.165) is 10.1 Å². The number of likely N-dealkylation sites (tertiary alicyclic amines) is 1. The fourth-order valence-electron chi connectivity index (χ4n) is 3.42. The highest BCUT2D eigenvalue weighted by molar-refractivity contribution is 5.76. The fourth-order valence-corrected chi connectivity index (χ4v) is 3.42. The smallest absolute Gasteiger partial charge is 0.331 e. The number of piperidine rings is 1. The van der Waals surface area contributed by atoms with Crippen molar-refractivity contribution in [3.63, 3.8) is 0 Å². The lowest BCUT2D eigenvalue weighted by Crippen LogP contribution is -2.55. The van der Waals surface area contributed by atoms with Crippen LogP contribution < -0.4 is 17.0 Å². The van der Waals surface area contributed by atoms with Crippen molar-refractivity contribution < 1.29 is 4.79 Å². The maximum absolute atomic E-state index is 12.7. The van der Waals surface area contributed by atoms with Crippen molar-refractivity contribution in [3.05, 3.63) is 69.0 Å². The molecule has 1 aliphatic rings. The van der Waals surface area contributed by atoms with E-state index >= 15 is 0 Å². The molecule has 1 aromatic heterocycles. The summed E-state index contributed by atoms with van der Waals surface area (Å²) >= 11 is 0. The van der Waals surface area contributed by atoms with E-state index in [-0.39, 0.29) is 23.9 Å². The molecule has 1 fully saturated rings. The highest BCUT2D eigenvalue weighted by atomic mass is 16.2. The third-order valence-electron chi connectivity index (χ3n) is 5.29. The van der Waals surface area contributed by atoms with Crippen molar-refractivity contribution in [1.29, 1.82) is 0 Å². The molecule has 1 atom stereocenters. The van der Waals surface area contributed by atoms with Crippen molar-refractivity contribution in [1.82, 2.24) is 14.0 Å². The van der Waals surface area contributed by atoms with Crippen LogP contribution in [-0.4, -0.2) is 39.1 Å². The van der Waals surface area contributed by atoms with Crippen LogP contribution in [0, 0.1) is 5.41 Å². The Bertz CT molecular complexity index is 930. The zero-order valence-electron chi connectivity index (χ0n) is 15.8. The molecule has 0 bridgehead atoms. The van der Waals surface area contributed by atoms with Crippen LogP contribution in [0.15, 0.2) is 52.2 Å². The van der Waals surface area contributed by atoms with Crippen LogP contribution >= 0.6 is 0 Å². The number of benzene rings is 1. The van der Waals surface area contributed by atoms with E-state index in [2.05, 4.69) is 0 Å². The van der Waals surface area contributed by atoms with E-state index in [1.54, 1.807) is 4.90 Å². The zero-order chi connectivity index (χ0) is 19.6. The molecule has 7 heteroatoms. The summed E-state index contributed by atoms with van der Waals surface area (Å²) < 4.78 is 2.45. The van der Waals surface area contributed by atoms with Crippen molar-refractivity contribution in [3.8, 4) is 0 Å². The molecule has 1 unspecified atom stereocenters. The first-order chi connectivity index (χ1) is 12.8. The Balaban J connectivity index is 1.80. The first kappa shape index (κ1) is 19.1. The van der Waals surface area contributed by atoms with E-state index in [4.69, 9.17) is 5.73 Å². The number of hydrogen-bond donors (Lipinski definition) is 1. The molecule has 144 valence electrons. The molecule has 2 N–H and O–H groups in total. The summed E-state index contributed by atoms with van der Waals surface area (Å²) in [5.74, 6) is -0.230. The van der Waals surface area contributed by atoms with Crippen LogP contribution in [0.3, 0.4) is 0 Å². The number of nitrogens with two attached hydrogens (primary N) is 1. The molecular weight excluding hydrogens is 344 g/mol. The van der Waals surface area contributed by atoms with Crippen LogP contribution in [0.1, 0.15) is 25.8 Å². The number of carbonyl (C=O) groups excluding carboxylic acids is 1. The van der Waals surface area contributed by atoms with E-state index < -0.39 is 11.2 Å². The molecule has 0 spiro atoms. The quantitative estimate of drug-likeness (QED) is 0.855. The summed E-state index contributed by atoms with van der Waals surface area (Å²) in [7, 11) is 0. The van der Waals surface area contributed by atoms with Gasteiger partial charge in [-0.2, -0.15) is 0 Å². The van der Waals surface area contributed by atoms with Crippen molar-refractivity contribution in [2.45, 2.75) is 39.4 Å². The van der Waals surface area contributed by atoms with Crippen molar-refractivity contribution >= 4 is 5.91 Å². The minimum absolute atomic E-state index is 0.0316. The largest absolute Gasteiger partial charge is 0.340 e. The first-order valence-corrected chi connectivity index (χ1v) is 9.15. The number of amides is 1. The molecule has 1 saturated heterocycles. The molecule has 0 aliphatic carbocycles. The molecule has 3 rings (SSSR count). The Labute approximate surface area is 158 Å². The third-order valence-corrected chi connectivity index (χ3v) is 5.29. The Morgan fingerprint density at radius 2 is 1.89 bits per heavy atom. The molecular formula is C20H26N4O3. The maximum Gasteiger partial charge on any atom is 0.331 e. The Kier molecular flexibility index (Phi) is 5.32. The first-order valence-electron chi connectivity index (χ1n) is 9.15. The topological polar surface area (TPSA) is 90.3 Å². The van der Waals surface area contributed by atoms with Gasteiger partial charge in [-0.25, -0.2) is 4.79 Å². The second-order valence-corrected chi connectivity index (χ2v) is 7.84. The normalized spacial score (nSPS) is 19.1. The highest BCUT2D eigenvalue weighted by Gasteiger charge is 2.35. The van der Waals surface area contributed by atoms with E-state index in [1.807, 2.05) is 44.2 Å². The third kappa shape index (κ3) is 4.19. The van der Waals surface area contributed by atoms with E-state index in [1.165, 1.54) is 16.8 Å². The van der Waals surface area contributed by atoms with Gasteiger partial charge in [-0.3, -0.25) is 18.7 Å². The van der Waals surface area contributed by atoms with Crippen LogP contribution in [-0.2, 0) is 17.9 Å². The van der Waals surface area contributed by atoms with Gasteiger partial charge >= 0.3 is 5.69 Å². The fraction of sp³-hybridized carbons (Fsp3) is 0.450. The highest BCUT2D eigenvalue weighted by Crippen LogP contribution is 2.27.